The molecule has 1 atom stereocenters. The van der Waals surface area contributed by atoms with Crippen LogP contribution < -0.4 is 10.2 Å². The molecule has 1 aliphatic rings. The number of anilines is 3. The molecule has 1 saturated heterocycles. The molecule has 1 fully saturated rings. The summed E-state index contributed by atoms with van der Waals surface area (Å²) in [7, 11) is 0. The molecule has 0 amide bonds. The molecule has 2 aromatic heterocycles. The topological polar surface area (TPSA) is 123 Å². The number of pyridine rings is 1. The van der Waals surface area contributed by atoms with E-state index in [0.29, 0.717) is 38.4 Å². The van der Waals surface area contributed by atoms with Gasteiger partial charge in [0.05, 0.1) is 17.4 Å². The van der Waals surface area contributed by atoms with E-state index in [1.807, 2.05) is 13.0 Å². The molecule has 0 aliphatic carbocycles. The number of esters is 1. The highest BCUT2D eigenvalue weighted by atomic mass is 16.6. The van der Waals surface area contributed by atoms with Crippen LogP contribution in [0.4, 0.5) is 23.1 Å². The summed E-state index contributed by atoms with van der Waals surface area (Å²) in [6.07, 6.45) is 2.67. The van der Waals surface area contributed by atoms with E-state index in [4.69, 9.17) is 4.74 Å². The van der Waals surface area contributed by atoms with Gasteiger partial charge in [-0.25, -0.2) is 15.0 Å². The Kier molecular flexibility index (Phi) is 5.97. The zero-order valence-electron chi connectivity index (χ0n) is 15.8. The van der Waals surface area contributed by atoms with Crippen molar-refractivity contribution in [1.29, 1.82) is 0 Å². The van der Waals surface area contributed by atoms with Gasteiger partial charge in [0.25, 0.3) is 0 Å². The number of carbonyl (C=O) groups excluding carboxylic acids is 1. The Morgan fingerprint density at radius 1 is 1.43 bits per heavy atom. The summed E-state index contributed by atoms with van der Waals surface area (Å²) < 4.78 is 5.10. The maximum Gasteiger partial charge on any atom is 0.353 e. The van der Waals surface area contributed by atoms with Gasteiger partial charge < -0.3 is 15.0 Å². The number of carbonyl (C=O) groups is 1. The van der Waals surface area contributed by atoms with Crippen molar-refractivity contribution < 1.29 is 14.5 Å². The van der Waals surface area contributed by atoms with Crippen LogP contribution >= 0.6 is 0 Å². The average molecular weight is 386 g/mol. The molecule has 3 rings (SSSR count). The molecule has 3 heterocycles. The van der Waals surface area contributed by atoms with E-state index >= 15 is 0 Å². The van der Waals surface area contributed by atoms with Crippen LogP contribution in [0.3, 0.4) is 0 Å². The number of nitrogens with zero attached hydrogens (tertiary/aromatic N) is 5. The van der Waals surface area contributed by atoms with Gasteiger partial charge in [-0.2, -0.15) is 0 Å². The number of rotatable bonds is 6. The maximum atomic E-state index is 12.1. The molecular weight excluding hydrogens is 364 g/mol. The lowest BCUT2D eigenvalue weighted by Crippen LogP contribution is -2.40. The fourth-order valence-electron chi connectivity index (χ4n) is 3.22. The second kappa shape index (κ2) is 8.59. The highest BCUT2D eigenvalue weighted by molar-refractivity contribution is 5.76. The van der Waals surface area contributed by atoms with E-state index in [1.54, 1.807) is 24.0 Å². The second-order valence-corrected chi connectivity index (χ2v) is 6.48. The van der Waals surface area contributed by atoms with Crippen molar-refractivity contribution in [3.05, 3.63) is 40.3 Å². The zero-order valence-corrected chi connectivity index (χ0v) is 15.8. The SMILES string of the molecule is CCOC(=O)C1CCCN(c2ncnc(Nc3cccc(C)n3)c2[N+](=O)[O-])C1. The van der Waals surface area contributed by atoms with E-state index < -0.39 is 4.92 Å². The van der Waals surface area contributed by atoms with Crippen LogP contribution in [0.15, 0.2) is 24.5 Å². The predicted octanol–water partition coefficient (Wildman–Crippen LogP) is 2.61. The number of piperidine rings is 1. The minimum atomic E-state index is -0.512. The largest absolute Gasteiger partial charge is 0.466 e. The van der Waals surface area contributed by atoms with Crippen LogP contribution in [0.5, 0.6) is 0 Å². The lowest BCUT2D eigenvalue weighted by atomic mass is 9.98. The van der Waals surface area contributed by atoms with Gasteiger partial charge in [-0.1, -0.05) is 6.07 Å². The van der Waals surface area contributed by atoms with Crippen molar-refractivity contribution in [2.24, 2.45) is 5.92 Å². The summed E-state index contributed by atoms with van der Waals surface area (Å²) in [5.74, 6) is 0.0793. The van der Waals surface area contributed by atoms with Crippen LogP contribution in [-0.2, 0) is 9.53 Å². The monoisotopic (exact) mass is 386 g/mol. The summed E-state index contributed by atoms with van der Waals surface area (Å²) in [6, 6.07) is 5.33. The molecule has 1 unspecified atom stereocenters. The first kappa shape index (κ1) is 19.5. The minimum absolute atomic E-state index is 0.0614. The summed E-state index contributed by atoms with van der Waals surface area (Å²) in [5, 5.41) is 14.7. The second-order valence-electron chi connectivity index (χ2n) is 6.48. The minimum Gasteiger partial charge on any atom is -0.466 e. The number of ether oxygens (including phenoxy) is 1. The molecule has 0 bridgehead atoms. The number of nitro groups is 1. The predicted molar refractivity (Wildman–Crippen MR) is 103 cm³/mol. The summed E-state index contributed by atoms with van der Waals surface area (Å²) in [5.41, 5.74) is 0.533. The van der Waals surface area contributed by atoms with E-state index in [1.165, 1.54) is 6.33 Å². The van der Waals surface area contributed by atoms with Crippen molar-refractivity contribution in [3.63, 3.8) is 0 Å². The van der Waals surface area contributed by atoms with Crippen LogP contribution in [0.2, 0.25) is 0 Å². The lowest BCUT2D eigenvalue weighted by molar-refractivity contribution is -0.383. The third-order valence-electron chi connectivity index (χ3n) is 4.46. The normalized spacial score (nSPS) is 16.5. The molecule has 1 N–H and O–H groups in total. The summed E-state index contributed by atoms with van der Waals surface area (Å²) >= 11 is 0. The van der Waals surface area contributed by atoms with Gasteiger partial charge >= 0.3 is 11.7 Å². The van der Waals surface area contributed by atoms with Crippen molar-refractivity contribution >= 4 is 29.1 Å². The molecule has 148 valence electrons. The Morgan fingerprint density at radius 2 is 2.25 bits per heavy atom. The quantitative estimate of drug-likeness (QED) is 0.453. The fourth-order valence-corrected chi connectivity index (χ4v) is 3.22. The van der Waals surface area contributed by atoms with Gasteiger partial charge in [0.15, 0.2) is 0 Å². The number of hydrogen-bond acceptors (Lipinski definition) is 9. The average Bonchev–Trinajstić information content (AvgIpc) is 2.68. The molecule has 10 heteroatoms. The molecule has 1 aliphatic heterocycles. The molecule has 0 aromatic carbocycles. The van der Waals surface area contributed by atoms with Gasteiger partial charge in [0.1, 0.15) is 12.1 Å². The first-order valence-electron chi connectivity index (χ1n) is 9.11. The van der Waals surface area contributed by atoms with E-state index in [0.717, 1.165) is 5.69 Å². The van der Waals surface area contributed by atoms with Gasteiger partial charge in [-0.3, -0.25) is 14.9 Å². The fraction of sp³-hybridized carbons (Fsp3) is 0.444. The third-order valence-corrected chi connectivity index (χ3v) is 4.46. The van der Waals surface area contributed by atoms with Gasteiger partial charge in [-0.15, -0.1) is 0 Å². The first-order chi connectivity index (χ1) is 13.5. The van der Waals surface area contributed by atoms with Crippen LogP contribution in [-0.4, -0.2) is 45.5 Å². The molecule has 2 aromatic rings. The molecule has 0 spiro atoms. The zero-order chi connectivity index (χ0) is 20.1. The maximum absolute atomic E-state index is 12.1. The Labute approximate surface area is 162 Å². The Hall–Kier alpha value is -3.30. The summed E-state index contributed by atoms with van der Waals surface area (Å²) in [4.78, 5) is 37.6. The van der Waals surface area contributed by atoms with Gasteiger partial charge in [0, 0.05) is 18.8 Å². The van der Waals surface area contributed by atoms with Crippen LogP contribution in [0.25, 0.3) is 0 Å². The van der Waals surface area contributed by atoms with Gasteiger partial charge in [-0.05, 0) is 38.8 Å². The number of aromatic nitrogens is 3. The first-order valence-corrected chi connectivity index (χ1v) is 9.11. The molecular formula is C18H22N6O4. The van der Waals surface area contributed by atoms with Crippen molar-refractivity contribution in [1.82, 2.24) is 15.0 Å². The smallest absolute Gasteiger partial charge is 0.353 e. The third kappa shape index (κ3) is 4.33. The van der Waals surface area contributed by atoms with Crippen molar-refractivity contribution in [2.45, 2.75) is 26.7 Å². The Balaban J connectivity index is 1.90. The van der Waals surface area contributed by atoms with Crippen molar-refractivity contribution in [2.75, 3.05) is 29.9 Å². The van der Waals surface area contributed by atoms with E-state index in [2.05, 4.69) is 20.3 Å². The number of hydrogen-bond donors (Lipinski definition) is 1. The Bertz CT molecular complexity index is 875. The summed E-state index contributed by atoms with van der Waals surface area (Å²) in [6.45, 7) is 4.77. The highest BCUT2D eigenvalue weighted by Gasteiger charge is 2.33. The van der Waals surface area contributed by atoms with E-state index in [9.17, 15) is 14.9 Å². The van der Waals surface area contributed by atoms with E-state index in [-0.39, 0.29) is 29.2 Å². The Morgan fingerprint density at radius 3 is 2.96 bits per heavy atom. The van der Waals surface area contributed by atoms with Crippen LogP contribution in [0, 0.1) is 23.0 Å². The molecule has 10 nitrogen and oxygen atoms in total. The standard InChI is InChI=1S/C18H22N6O4/c1-3-28-18(25)13-7-5-9-23(10-13)17-15(24(26)27)16(19-11-20-17)22-14-8-4-6-12(2)21-14/h4,6,8,11,13H,3,5,7,9-10H2,1-2H3,(H,19,20,21,22). The molecule has 28 heavy (non-hydrogen) atoms. The number of nitrogens with one attached hydrogen (secondary N) is 1. The lowest BCUT2D eigenvalue weighted by Gasteiger charge is -2.32. The van der Waals surface area contributed by atoms with Gasteiger partial charge in [0.2, 0.25) is 11.6 Å². The highest BCUT2D eigenvalue weighted by Crippen LogP contribution is 2.35. The van der Waals surface area contributed by atoms with Crippen LogP contribution in [0.1, 0.15) is 25.5 Å². The molecule has 0 saturated carbocycles. The molecule has 0 radical (unpaired) electrons. The van der Waals surface area contributed by atoms with Crippen molar-refractivity contribution in [3.8, 4) is 0 Å². The number of aryl methyl sites for hydroxylation is 1.